The van der Waals surface area contributed by atoms with Gasteiger partial charge in [-0.3, -0.25) is 4.79 Å². The van der Waals surface area contributed by atoms with Crippen LogP contribution in [0, 0.1) is 0 Å². The second-order valence-electron chi connectivity index (χ2n) is 4.11. The fraction of sp³-hybridized carbons (Fsp3) is 0.727. The van der Waals surface area contributed by atoms with Crippen LogP contribution in [0.15, 0.2) is 11.1 Å². The van der Waals surface area contributed by atoms with Crippen molar-refractivity contribution in [2.45, 2.75) is 32.1 Å². The SMILES string of the molecule is O=C(CCl)N1CCC2=C(CCCC2)C1. The molecule has 1 amide bonds. The molecular formula is C11H16ClNO. The second-order valence-corrected chi connectivity index (χ2v) is 4.38. The maximum absolute atomic E-state index is 11.4. The Labute approximate surface area is 89.9 Å². The summed E-state index contributed by atoms with van der Waals surface area (Å²) in [5.41, 5.74) is 3.14. The van der Waals surface area contributed by atoms with E-state index in [1.165, 1.54) is 31.3 Å². The molecule has 0 fully saturated rings. The van der Waals surface area contributed by atoms with Gasteiger partial charge < -0.3 is 4.90 Å². The minimum absolute atomic E-state index is 0.0868. The lowest BCUT2D eigenvalue weighted by molar-refractivity contribution is -0.128. The van der Waals surface area contributed by atoms with E-state index in [1.54, 1.807) is 5.57 Å². The third kappa shape index (κ3) is 1.95. The van der Waals surface area contributed by atoms with Crippen molar-refractivity contribution in [2.75, 3.05) is 19.0 Å². The fourth-order valence-corrected chi connectivity index (χ4v) is 2.57. The Kier molecular flexibility index (Phi) is 3.12. The predicted octanol–water partition coefficient (Wildman–Crippen LogP) is 2.33. The summed E-state index contributed by atoms with van der Waals surface area (Å²) in [6, 6.07) is 0. The highest BCUT2D eigenvalue weighted by atomic mass is 35.5. The molecule has 0 saturated heterocycles. The molecule has 0 spiro atoms. The van der Waals surface area contributed by atoms with Gasteiger partial charge in [-0.05, 0) is 32.1 Å². The molecule has 1 aliphatic heterocycles. The van der Waals surface area contributed by atoms with Crippen LogP contribution in [0.25, 0.3) is 0 Å². The molecule has 0 radical (unpaired) electrons. The third-order valence-corrected chi connectivity index (χ3v) is 3.47. The van der Waals surface area contributed by atoms with Crippen LogP contribution in [0.3, 0.4) is 0 Å². The van der Waals surface area contributed by atoms with Crippen molar-refractivity contribution in [3.63, 3.8) is 0 Å². The minimum Gasteiger partial charge on any atom is -0.337 e. The fourth-order valence-electron chi connectivity index (χ4n) is 2.40. The van der Waals surface area contributed by atoms with Gasteiger partial charge in [-0.25, -0.2) is 0 Å². The van der Waals surface area contributed by atoms with Crippen LogP contribution < -0.4 is 0 Å². The normalized spacial score (nSPS) is 22.2. The van der Waals surface area contributed by atoms with Crippen molar-refractivity contribution in [3.8, 4) is 0 Å². The number of amides is 1. The smallest absolute Gasteiger partial charge is 0.237 e. The molecule has 2 rings (SSSR count). The number of hydrogen-bond acceptors (Lipinski definition) is 1. The van der Waals surface area contributed by atoms with E-state index in [-0.39, 0.29) is 11.8 Å². The molecule has 0 unspecified atom stereocenters. The van der Waals surface area contributed by atoms with Gasteiger partial charge in [-0.15, -0.1) is 11.6 Å². The molecule has 0 N–H and O–H groups in total. The van der Waals surface area contributed by atoms with Gasteiger partial charge in [0, 0.05) is 13.1 Å². The molecule has 0 aromatic carbocycles. The summed E-state index contributed by atoms with van der Waals surface area (Å²) in [6.45, 7) is 1.73. The molecule has 0 atom stereocenters. The van der Waals surface area contributed by atoms with Crippen LogP contribution in [-0.2, 0) is 4.79 Å². The zero-order chi connectivity index (χ0) is 9.97. The number of alkyl halides is 1. The van der Waals surface area contributed by atoms with Crippen LogP contribution in [-0.4, -0.2) is 29.8 Å². The van der Waals surface area contributed by atoms with Crippen molar-refractivity contribution in [2.24, 2.45) is 0 Å². The average molecular weight is 214 g/mol. The Morgan fingerprint density at radius 2 is 1.93 bits per heavy atom. The first-order chi connectivity index (χ1) is 6.81. The lowest BCUT2D eigenvalue weighted by Crippen LogP contribution is -2.38. The first kappa shape index (κ1) is 10.0. The monoisotopic (exact) mass is 213 g/mol. The molecular weight excluding hydrogens is 198 g/mol. The van der Waals surface area contributed by atoms with Crippen LogP contribution >= 0.6 is 11.6 Å². The van der Waals surface area contributed by atoms with Crippen molar-refractivity contribution in [3.05, 3.63) is 11.1 Å². The third-order valence-electron chi connectivity index (χ3n) is 3.24. The van der Waals surface area contributed by atoms with E-state index in [0.717, 1.165) is 19.5 Å². The zero-order valence-corrected chi connectivity index (χ0v) is 9.15. The van der Waals surface area contributed by atoms with E-state index in [2.05, 4.69) is 0 Å². The molecule has 2 aliphatic rings. The van der Waals surface area contributed by atoms with Gasteiger partial charge in [-0.2, -0.15) is 0 Å². The topological polar surface area (TPSA) is 20.3 Å². The average Bonchev–Trinajstić information content (AvgIpc) is 2.27. The van der Waals surface area contributed by atoms with Gasteiger partial charge in [0.05, 0.1) is 0 Å². The Bertz CT molecular complexity index is 272. The van der Waals surface area contributed by atoms with Gasteiger partial charge in [-0.1, -0.05) is 11.1 Å². The Morgan fingerprint density at radius 1 is 1.21 bits per heavy atom. The highest BCUT2D eigenvalue weighted by molar-refractivity contribution is 6.27. The van der Waals surface area contributed by atoms with Gasteiger partial charge in [0.2, 0.25) is 5.91 Å². The second kappa shape index (κ2) is 4.35. The van der Waals surface area contributed by atoms with Crippen molar-refractivity contribution in [1.82, 2.24) is 4.90 Å². The number of hydrogen-bond donors (Lipinski definition) is 0. The molecule has 0 aromatic heterocycles. The van der Waals surface area contributed by atoms with E-state index < -0.39 is 0 Å². The van der Waals surface area contributed by atoms with E-state index in [0.29, 0.717) is 0 Å². The number of rotatable bonds is 1. The molecule has 0 bridgehead atoms. The number of nitrogens with zero attached hydrogens (tertiary/aromatic N) is 1. The molecule has 14 heavy (non-hydrogen) atoms. The lowest BCUT2D eigenvalue weighted by atomic mass is 9.87. The molecule has 0 saturated carbocycles. The highest BCUT2D eigenvalue weighted by Gasteiger charge is 2.23. The molecule has 1 heterocycles. The molecule has 78 valence electrons. The number of carbonyl (C=O) groups is 1. The van der Waals surface area contributed by atoms with Crippen LogP contribution in [0.5, 0.6) is 0 Å². The van der Waals surface area contributed by atoms with Crippen molar-refractivity contribution in [1.29, 1.82) is 0 Å². The maximum Gasteiger partial charge on any atom is 0.237 e. The summed E-state index contributed by atoms with van der Waals surface area (Å²) in [5, 5.41) is 0. The highest BCUT2D eigenvalue weighted by Crippen LogP contribution is 2.30. The van der Waals surface area contributed by atoms with Crippen LogP contribution in [0.4, 0.5) is 0 Å². The summed E-state index contributed by atoms with van der Waals surface area (Å²) in [4.78, 5) is 13.3. The summed E-state index contributed by atoms with van der Waals surface area (Å²) < 4.78 is 0. The molecule has 3 heteroatoms. The largest absolute Gasteiger partial charge is 0.337 e. The maximum atomic E-state index is 11.4. The molecule has 1 aliphatic carbocycles. The first-order valence-corrected chi connectivity index (χ1v) is 5.88. The van der Waals surface area contributed by atoms with Gasteiger partial charge in [0.1, 0.15) is 5.88 Å². The summed E-state index contributed by atoms with van der Waals surface area (Å²) >= 11 is 5.55. The van der Waals surface area contributed by atoms with E-state index in [9.17, 15) is 4.79 Å². The predicted molar refractivity (Wildman–Crippen MR) is 57.4 cm³/mol. The zero-order valence-electron chi connectivity index (χ0n) is 8.39. The standard InChI is InChI=1S/C11H16ClNO/c12-7-11(14)13-6-5-9-3-1-2-4-10(9)8-13/h1-8H2. The molecule has 2 nitrogen and oxygen atoms in total. The summed E-state index contributed by atoms with van der Waals surface area (Å²) in [5.74, 6) is 0.214. The van der Waals surface area contributed by atoms with E-state index >= 15 is 0 Å². The Balaban J connectivity index is 2.04. The van der Waals surface area contributed by atoms with E-state index in [1.807, 2.05) is 4.90 Å². The number of carbonyl (C=O) groups excluding carboxylic acids is 1. The van der Waals surface area contributed by atoms with Gasteiger partial charge >= 0.3 is 0 Å². The summed E-state index contributed by atoms with van der Waals surface area (Å²) in [6.07, 6.45) is 6.17. The minimum atomic E-state index is 0.0868. The first-order valence-electron chi connectivity index (χ1n) is 5.35. The summed E-state index contributed by atoms with van der Waals surface area (Å²) in [7, 11) is 0. The Morgan fingerprint density at radius 3 is 2.64 bits per heavy atom. The van der Waals surface area contributed by atoms with Crippen LogP contribution in [0.1, 0.15) is 32.1 Å². The molecule has 0 aromatic rings. The van der Waals surface area contributed by atoms with Crippen molar-refractivity contribution >= 4 is 17.5 Å². The van der Waals surface area contributed by atoms with Crippen LogP contribution in [0.2, 0.25) is 0 Å². The van der Waals surface area contributed by atoms with Gasteiger partial charge in [0.25, 0.3) is 0 Å². The Hall–Kier alpha value is -0.500. The lowest BCUT2D eigenvalue weighted by Gasteiger charge is -2.33. The van der Waals surface area contributed by atoms with Gasteiger partial charge in [0.15, 0.2) is 0 Å². The number of halogens is 1. The quantitative estimate of drug-likeness (QED) is 0.484. The van der Waals surface area contributed by atoms with Crippen molar-refractivity contribution < 1.29 is 4.79 Å². The van der Waals surface area contributed by atoms with E-state index in [4.69, 9.17) is 11.6 Å².